The van der Waals surface area contributed by atoms with Gasteiger partial charge in [-0.25, -0.2) is 0 Å². The summed E-state index contributed by atoms with van der Waals surface area (Å²) in [4.78, 5) is 13.0. The summed E-state index contributed by atoms with van der Waals surface area (Å²) in [6, 6.07) is 28.4. The number of methoxy groups -OCH3 is 1. The zero-order valence-electron chi connectivity index (χ0n) is 19.6. The Labute approximate surface area is 210 Å². The van der Waals surface area contributed by atoms with Crippen LogP contribution in [0.2, 0.25) is 5.02 Å². The molecule has 0 aliphatic heterocycles. The van der Waals surface area contributed by atoms with Crippen molar-refractivity contribution in [3.63, 3.8) is 0 Å². The first kappa shape index (κ1) is 24.2. The highest BCUT2D eigenvalue weighted by Gasteiger charge is 2.14. The van der Waals surface area contributed by atoms with Crippen molar-refractivity contribution in [1.82, 2.24) is 0 Å². The summed E-state index contributed by atoms with van der Waals surface area (Å²) in [5.41, 5.74) is 3.99. The Morgan fingerprint density at radius 1 is 0.829 bits per heavy atom. The van der Waals surface area contributed by atoms with Gasteiger partial charge >= 0.3 is 0 Å². The predicted octanol–water partition coefficient (Wildman–Crippen LogP) is 7.25. The molecule has 1 N–H and O–H groups in total. The largest absolute Gasteiger partial charge is 0.495 e. The average molecular weight is 488 g/mol. The summed E-state index contributed by atoms with van der Waals surface area (Å²) in [5.74, 6) is 1.63. The number of carbonyl (C=O) groups excluding carboxylic acids is 1. The van der Waals surface area contributed by atoms with E-state index in [1.807, 2.05) is 49.4 Å². The van der Waals surface area contributed by atoms with Gasteiger partial charge in [-0.15, -0.1) is 0 Å². The number of carbonyl (C=O) groups is 1. The zero-order valence-corrected chi connectivity index (χ0v) is 20.3. The number of hydrogen-bond donors (Lipinski definition) is 1. The quantitative estimate of drug-likeness (QED) is 0.270. The van der Waals surface area contributed by atoms with E-state index in [1.165, 1.54) is 7.11 Å². The molecular formula is C29H26ClNO4. The van der Waals surface area contributed by atoms with Gasteiger partial charge in [0.2, 0.25) is 0 Å². The van der Waals surface area contributed by atoms with Gasteiger partial charge in [-0.05, 0) is 66.6 Å². The van der Waals surface area contributed by atoms with Crippen molar-refractivity contribution in [3.8, 4) is 28.4 Å². The number of nitrogens with one attached hydrogen (secondary N) is 1. The van der Waals surface area contributed by atoms with Gasteiger partial charge in [0.1, 0.15) is 23.9 Å². The van der Waals surface area contributed by atoms with Crippen molar-refractivity contribution in [2.45, 2.75) is 13.5 Å². The fourth-order valence-electron chi connectivity index (χ4n) is 3.64. The predicted molar refractivity (Wildman–Crippen MR) is 140 cm³/mol. The summed E-state index contributed by atoms with van der Waals surface area (Å²) in [6.07, 6.45) is 0. The van der Waals surface area contributed by atoms with Gasteiger partial charge in [0.15, 0.2) is 0 Å². The molecule has 0 unspecified atom stereocenters. The Morgan fingerprint density at radius 2 is 1.54 bits per heavy atom. The normalized spacial score (nSPS) is 10.5. The molecular weight excluding hydrogens is 462 g/mol. The monoisotopic (exact) mass is 487 g/mol. The van der Waals surface area contributed by atoms with Gasteiger partial charge in [0.25, 0.3) is 5.91 Å². The molecule has 4 aromatic carbocycles. The highest BCUT2D eigenvalue weighted by molar-refractivity contribution is 6.31. The maximum Gasteiger partial charge on any atom is 0.255 e. The molecule has 0 saturated heterocycles. The van der Waals surface area contributed by atoms with Crippen molar-refractivity contribution in [2.24, 2.45) is 0 Å². The van der Waals surface area contributed by atoms with E-state index < -0.39 is 0 Å². The van der Waals surface area contributed by atoms with E-state index in [-0.39, 0.29) is 12.5 Å². The zero-order chi connectivity index (χ0) is 24.6. The minimum absolute atomic E-state index is 0.252. The molecule has 0 heterocycles. The molecule has 0 saturated carbocycles. The van der Waals surface area contributed by atoms with Crippen LogP contribution in [-0.4, -0.2) is 19.6 Å². The SMILES string of the molecule is CCOc1ccc(C(=O)Nc2cc(Cl)ccc2OC)cc1COc1ccc(-c2ccccc2)cc1. The molecule has 0 spiro atoms. The third kappa shape index (κ3) is 6.14. The molecule has 4 rings (SSSR count). The van der Waals surface area contributed by atoms with Gasteiger partial charge in [-0.3, -0.25) is 4.79 Å². The summed E-state index contributed by atoms with van der Waals surface area (Å²) >= 11 is 6.09. The molecule has 0 atom stereocenters. The van der Waals surface area contributed by atoms with Gasteiger partial charge in [-0.2, -0.15) is 0 Å². The molecule has 0 fully saturated rings. The van der Waals surface area contributed by atoms with E-state index >= 15 is 0 Å². The second-order valence-corrected chi connectivity index (χ2v) is 8.17. The molecule has 5 nitrogen and oxygen atoms in total. The van der Waals surface area contributed by atoms with Crippen LogP contribution in [-0.2, 0) is 6.61 Å². The average Bonchev–Trinajstić information content (AvgIpc) is 2.89. The smallest absolute Gasteiger partial charge is 0.255 e. The van der Waals surface area contributed by atoms with Gasteiger partial charge in [-0.1, -0.05) is 54.1 Å². The second-order valence-electron chi connectivity index (χ2n) is 7.73. The molecule has 4 aromatic rings. The molecule has 0 aliphatic rings. The van der Waals surface area contributed by atoms with Gasteiger partial charge < -0.3 is 19.5 Å². The first-order valence-corrected chi connectivity index (χ1v) is 11.6. The van der Waals surface area contributed by atoms with Crippen LogP contribution < -0.4 is 19.5 Å². The number of ether oxygens (including phenoxy) is 3. The topological polar surface area (TPSA) is 56.8 Å². The third-order valence-corrected chi connectivity index (χ3v) is 5.62. The Bertz CT molecular complexity index is 1290. The van der Waals surface area contributed by atoms with Crippen LogP contribution in [0.15, 0.2) is 91.0 Å². The minimum Gasteiger partial charge on any atom is -0.495 e. The van der Waals surface area contributed by atoms with Crippen LogP contribution in [0.3, 0.4) is 0 Å². The molecule has 0 aromatic heterocycles. The Balaban J connectivity index is 1.50. The maximum absolute atomic E-state index is 13.0. The van der Waals surface area contributed by atoms with Crippen LogP contribution in [0.1, 0.15) is 22.8 Å². The molecule has 35 heavy (non-hydrogen) atoms. The van der Waals surface area contributed by atoms with Crippen LogP contribution in [0.5, 0.6) is 17.2 Å². The van der Waals surface area contributed by atoms with E-state index in [1.54, 1.807) is 36.4 Å². The highest BCUT2D eigenvalue weighted by Crippen LogP contribution is 2.29. The van der Waals surface area contributed by atoms with Crippen LogP contribution in [0.25, 0.3) is 11.1 Å². The molecule has 0 aliphatic carbocycles. The number of hydrogen-bond acceptors (Lipinski definition) is 4. The summed E-state index contributed by atoms with van der Waals surface area (Å²) in [5, 5.41) is 3.36. The lowest BCUT2D eigenvalue weighted by molar-refractivity contribution is 0.102. The van der Waals surface area contributed by atoms with Crippen molar-refractivity contribution >= 4 is 23.2 Å². The molecule has 6 heteroatoms. The Hall–Kier alpha value is -3.96. The number of amides is 1. The summed E-state index contributed by atoms with van der Waals surface area (Å²) in [6.45, 7) is 2.67. The van der Waals surface area contributed by atoms with Gasteiger partial charge in [0.05, 0.1) is 19.4 Å². The van der Waals surface area contributed by atoms with E-state index in [9.17, 15) is 4.79 Å². The number of benzene rings is 4. The molecule has 1 amide bonds. The number of anilines is 1. The first-order chi connectivity index (χ1) is 17.1. The first-order valence-electron chi connectivity index (χ1n) is 11.3. The number of halogens is 1. The summed E-state index contributed by atoms with van der Waals surface area (Å²) in [7, 11) is 1.54. The second kappa shape index (κ2) is 11.4. The van der Waals surface area contributed by atoms with Crippen molar-refractivity contribution in [2.75, 3.05) is 19.0 Å². The maximum atomic E-state index is 13.0. The van der Waals surface area contributed by atoms with Crippen LogP contribution in [0.4, 0.5) is 5.69 Å². The summed E-state index contributed by atoms with van der Waals surface area (Å²) < 4.78 is 17.1. The minimum atomic E-state index is -0.290. The lowest BCUT2D eigenvalue weighted by atomic mass is 10.1. The fraction of sp³-hybridized carbons (Fsp3) is 0.138. The van der Waals surface area contributed by atoms with E-state index in [0.29, 0.717) is 34.4 Å². The van der Waals surface area contributed by atoms with Crippen LogP contribution in [0, 0.1) is 0 Å². The van der Waals surface area contributed by atoms with E-state index in [0.717, 1.165) is 22.4 Å². The van der Waals surface area contributed by atoms with Gasteiger partial charge in [0, 0.05) is 16.1 Å². The van der Waals surface area contributed by atoms with Crippen molar-refractivity contribution in [3.05, 3.63) is 107 Å². The van der Waals surface area contributed by atoms with Crippen molar-refractivity contribution in [1.29, 1.82) is 0 Å². The standard InChI is InChI=1S/C29H26ClNO4/c1-3-34-27-15-11-22(29(32)31-26-18-24(30)12-16-28(26)33-2)17-23(27)19-35-25-13-9-21(10-14-25)20-7-5-4-6-8-20/h4-18H,3,19H2,1-2H3,(H,31,32). The molecule has 178 valence electrons. The van der Waals surface area contributed by atoms with Crippen LogP contribution >= 0.6 is 11.6 Å². The van der Waals surface area contributed by atoms with E-state index in [2.05, 4.69) is 17.4 Å². The number of rotatable bonds is 9. The lowest BCUT2D eigenvalue weighted by Gasteiger charge is -2.14. The lowest BCUT2D eigenvalue weighted by Crippen LogP contribution is -2.13. The van der Waals surface area contributed by atoms with E-state index in [4.69, 9.17) is 25.8 Å². The molecule has 0 radical (unpaired) electrons. The van der Waals surface area contributed by atoms with Crippen molar-refractivity contribution < 1.29 is 19.0 Å². The highest BCUT2D eigenvalue weighted by atomic mass is 35.5. The Morgan fingerprint density at radius 3 is 2.26 bits per heavy atom. The Kier molecular flexibility index (Phi) is 7.91. The molecule has 0 bridgehead atoms. The fourth-order valence-corrected chi connectivity index (χ4v) is 3.81. The third-order valence-electron chi connectivity index (χ3n) is 5.39.